The number of nitrogens with one attached hydrogen (secondary N) is 1. The monoisotopic (exact) mass is 492 g/mol. The number of hydrogen-bond acceptors (Lipinski definition) is 6. The van der Waals surface area contributed by atoms with Gasteiger partial charge >= 0.3 is 0 Å². The van der Waals surface area contributed by atoms with Crippen LogP contribution in [-0.4, -0.2) is 37.3 Å². The number of fused-ring (bicyclic) bond motifs is 1. The van der Waals surface area contributed by atoms with Crippen molar-refractivity contribution in [2.45, 2.75) is 30.9 Å². The zero-order valence-electron chi connectivity index (χ0n) is 18.5. The molecule has 0 bridgehead atoms. The van der Waals surface area contributed by atoms with E-state index in [2.05, 4.69) is 51.0 Å². The maximum atomic E-state index is 11.2. The molecule has 34 heavy (non-hydrogen) atoms. The number of aromatic amines is 1. The number of nitrogens with two attached hydrogens (primary N) is 1. The Bertz CT molecular complexity index is 1280. The molecule has 1 atom stereocenters. The quantitative estimate of drug-likeness (QED) is 0.296. The van der Waals surface area contributed by atoms with E-state index < -0.39 is 0 Å². The molecule has 1 amide bonds. The Morgan fingerprint density at radius 1 is 1.15 bits per heavy atom. The number of aryl methyl sites for hydroxylation is 1. The molecule has 174 valence electrons. The maximum Gasteiger partial charge on any atom is 0.218 e. The fraction of sp³-hybridized carbons (Fsp3) is 0.240. The number of nitrogens with zero attached hydrogens (tertiary/aromatic N) is 4. The summed E-state index contributed by atoms with van der Waals surface area (Å²) in [6, 6.07) is 18.2. The molecule has 0 aliphatic heterocycles. The van der Waals surface area contributed by atoms with Crippen molar-refractivity contribution in [3.8, 4) is 0 Å². The second kappa shape index (κ2) is 11.8. The third kappa shape index (κ3) is 6.88. The van der Waals surface area contributed by atoms with Crippen molar-refractivity contribution in [1.82, 2.24) is 25.6 Å². The number of thioether (sulfide) groups is 1. The summed E-state index contributed by atoms with van der Waals surface area (Å²) in [5.74, 6) is 1.12. The molecule has 2 heterocycles. The lowest BCUT2D eigenvalue weighted by atomic mass is 10.0. The maximum absolute atomic E-state index is 11.2. The summed E-state index contributed by atoms with van der Waals surface area (Å²) < 4.78 is 0. The molecule has 4 rings (SSSR count). The summed E-state index contributed by atoms with van der Waals surface area (Å²) in [7, 11) is 0. The number of H-pyrrole nitrogens is 1. The van der Waals surface area contributed by atoms with Gasteiger partial charge in [-0.2, -0.15) is 17.0 Å². The normalized spacial score (nSPS) is 12.4. The Kier molecular flexibility index (Phi) is 8.27. The number of rotatable bonds is 11. The number of primary amides is 1. The van der Waals surface area contributed by atoms with Gasteiger partial charge < -0.3 is 5.73 Å². The van der Waals surface area contributed by atoms with Crippen LogP contribution in [0.5, 0.6) is 0 Å². The minimum absolute atomic E-state index is 0.237. The topological polar surface area (TPSA) is 110 Å². The number of halogens is 1. The highest BCUT2D eigenvalue weighted by atomic mass is 35.5. The van der Waals surface area contributed by atoms with Crippen LogP contribution >= 0.6 is 23.4 Å². The van der Waals surface area contributed by atoms with E-state index in [4.69, 9.17) is 22.3 Å². The van der Waals surface area contributed by atoms with Crippen molar-refractivity contribution in [3.05, 3.63) is 82.3 Å². The highest BCUT2D eigenvalue weighted by Gasteiger charge is 2.14. The number of carbonyl (C=O) groups excluding carboxylic acids is 1. The molecule has 0 fully saturated rings. The molecule has 0 spiro atoms. The van der Waals surface area contributed by atoms with Crippen LogP contribution in [0, 0.1) is 0 Å². The van der Waals surface area contributed by atoms with Gasteiger partial charge in [0.05, 0.1) is 11.2 Å². The molecular formula is C25H25ClN6OS. The van der Waals surface area contributed by atoms with Crippen molar-refractivity contribution in [3.63, 3.8) is 0 Å². The number of aromatic nitrogens is 5. The summed E-state index contributed by atoms with van der Waals surface area (Å²) >= 11 is 7.86. The number of hydrogen-bond donors (Lipinski definition) is 2. The van der Waals surface area contributed by atoms with E-state index in [9.17, 15) is 4.79 Å². The van der Waals surface area contributed by atoms with Crippen molar-refractivity contribution >= 4 is 52.3 Å². The summed E-state index contributed by atoms with van der Waals surface area (Å²) in [5, 5.41) is 16.1. The predicted molar refractivity (Wildman–Crippen MR) is 138 cm³/mol. The van der Waals surface area contributed by atoms with E-state index in [0.29, 0.717) is 23.0 Å². The lowest BCUT2D eigenvalue weighted by Gasteiger charge is -2.17. The minimum atomic E-state index is -0.279. The fourth-order valence-corrected chi connectivity index (χ4v) is 5.07. The number of pyridine rings is 1. The first kappa shape index (κ1) is 23.9. The van der Waals surface area contributed by atoms with Gasteiger partial charge in [0, 0.05) is 34.3 Å². The SMILES string of the molecule is NC(=O)CCSC(CCCc1nn[nH]n1)c1cccc(C=Cc2ccc3ccc(Cl)cc3n2)c1. The van der Waals surface area contributed by atoms with Crippen LogP contribution < -0.4 is 5.73 Å². The van der Waals surface area contributed by atoms with Crippen molar-refractivity contribution in [2.75, 3.05) is 5.75 Å². The Labute approximate surface area is 207 Å². The molecule has 4 aromatic rings. The lowest BCUT2D eigenvalue weighted by molar-refractivity contribution is -0.117. The predicted octanol–water partition coefficient (Wildman–Crippen LogP) is 5.24. The fourth-order valence-electron chi connectivity index (χ4n) is 3.63. The first-order valence-corrected chi connectivity index (χ1v) is 12.5. The van der Waals surface area contributed by atoms with Gasteiger partial charge in [0.2, 0.25) is 5.91 Å². The summed E-state index contributed by atoms with van der Waals surface area (Å²) in [6.45, 7) is 0. The van der Waals surface area contributed by atoms with Gasteiger partial charge in [0.15, 0.2) is 5.82 Å². The lowest BCUT2D eigenvalue weighted by Crippen LogP contribution is -2.11. The van der Waals surface area contributed by atoms with E-state index in [1.807, 2.05) is 36.4 Å². The molecule has 0 aliphatic carbocycles. The largest absolute Gasteiger partial charge is 0.370 e. The molecule has 0 saturated heterocycles. The molecule has 2 aromatic carbocycles. The zero-order chi connectivity index (χ0) is 23.8. The Morgan fingerprint density at radius 2 is 2.03 bits per heavy atom. The number of amides is 1. The summed E-state index contributed by atoms with van der Waals surface area (Å²) in [4.78, 5) is 15.9. The number of carbonyl (C=O) groups is 1. The average molecular weight is 493 g/mol. The molecule has 1 unspecified atom stereocenters. The second-order valence-corrected chi connectivity index (χ2v) is 9.62. The van der Waals surface area contributed by atoms with Crippen LogP contribution in [0.4, 0.5) is 0 Å². The van der Waals surface area contributed by atoms with Crippen molar-refractivity contribution in [1.29, 1.82) is 0 Å². The van der Waals surface area contributed by atoms with Crippen LogP contribution in [0.3, 0.4) is 0 Å². The smallest absolute Gasteiger partial charge is 0.218 e. The summed E-state index contributed by atoms with van der Waals surface area (Å²) in [5.41, 5.74) is 9.38. The molecule has 0 aliphatic rings. The first-order valence-electron chi connectivity index (χ1n) is 11.0. The standard InChI is InChI=1S/C25H25ClN6OS/c26-20-10-8-18-9-12-21(28-22(18)16-20)11-7-17-3-1-4-19(15-17)23(34-14-13-24(27)33)5-2-6-25-29-31-32-30-25/h1,3-4,7-12,15-16,23H,2,5-6,13-14H2,(H2,27,33)(H,29,30,31,32). The van der Waals surface area contributed by atoms with E-state index in [0.717, 1.165) is 41.4 Å². The Balaban J connectivity index is 1.47. The van der Waals surface area contributed by atoms with E-state index in [-0.39, 0.29) is 11.2 Å². The van der Waals surface area contributed by atoms with Gasteiger partial charge in [-0.15, -0.1) is 10.2 Å². The van der Waals surface area contributed by atoms with E-state index >= 15 is 0 Å². The summed E-state index contributed by atoms with van der Waals surface area (Å²) in [6.07, 6.45) is 7.02. The Morgan fingerprint density at radius 3 is 2.85 bits per heavy atom. The molecule has 3 N–H and O–H groups in total. The van der Waals surface area contributed by atoms with Gasteiger partial charge in [0.1, 0.15) is 0 Å². The van der Waals surface area contributed by atoms with E-state index in [1.165, 1.54) is 5.56 Å². The molecule has 7 nitrogen and oxygen atoms in total. The van der Waals surface area contributed by atoms with Crippen LogP contribution in [-0.2, 0) is 11.2 Å². The second-order valence-electron chi connectivity index (χ2n) is 7.87. The first-order chi connectivity index (χ1) is 16.6. The van der Waals surface area contributed by atoms with Gasteiger partial charge in [0.25, 0.3) is 0 Å². The van der Waals surface area contributed by atoms with Crippen LogP contribution in [0.25, 0.3) is 23.1 Å². The van der Waals surface area contributed by atoms with Crippen LogP contribution in [0.15, 0.2) is 54.6 Å². The molecular weight excluding hydrogens is 468 g/mol. The van der Waals surface area contributed by atoms with Crippen LogP contribution in [0.2, 0.25) is 5.02 Å². The van der Waals surface area contributed by atoms with Gasteiger partial charge in [-0.05, 0) is 48.2 Å². The van der Waals surface area contributed by atoms with Crippen molar-refractivity contribution < 1.29 is 4.79 Å². The van der Waals surface area contributed by atoms with Gasteiger partial charge in [-0.1, -0.05) is 59.3 Å². The molecule has 2 aromatic heterocycles. The van der Waals surface area contributed by atoms with Crippen molar-refractivity contribution in [2.24, 2.45) is 5.73 Å². The third-order valence-corrected chi connectivity index (χ3v) is 6.91. The molecule has 0 radical (unpaired) electrons. The average Bonchev–Trinajstić information content (AvgIpc) is 3.35. The zero-order valence-corrected chi connectivity index (χ0v) is 20.1. The Hall–Kier alpha value is -3.23. The van der Waals surface area contributed by atoms with Gasteiger partial charge in [-0.25, -0.2) is 4.98 Å². The van der Waals surface area contributed by atoms with E-state index in [1.54, 1.807) is 11.8 Å². The van der Waals surface area contributed by atoms with Crippen LogP contribution in [0.1, 0.15) is 47.2 Å². The minimum Gasteiger partial charge on any atom is -0.370 e. The highest BCUT2D eigenvalue weighted by Crippen LogP contribution is 2.34. The number of tetrazole rings is 1. The molecule has 0 saturated carbocycles. The third-order valence-electron chi connectivity index (χ3n) is 5.33. The molecule has 9 heteroatoms. The number of benzene rings is 2. The van der Waals surface area contributed by atoms with Gasteiger partial charge in [-0.3, -0.25) is 4.79 Å². The highest BCUT2D eigenvalue weighted by molar-refractivity contribution is 7.99.